The molecule has 5 nitrogen and oxygen atoms in total. The summed E-state index contributed by atoms with van der Waals surface area (Å²) in [4.78, 5) is 10.5. The monoisotopic (exact) mass is 255 g/mol. The molecule has 2 rings (SSSR count). The van der Waals surface area contributed by atoms with Crippen LogP contribution in [0.15, 0.2) is 53.6 Å². The molecule has 0 heterocycles. The van der Waals surface area contributed by atoms with E-state index in [1.54, 1.807) is 18.2 Å². The number of primary amides is 1. The highest BCUT2D eigenvalue weighted by atomic mass is 16.3. The van der Waals surface area contributed by atoms with Gasteiger partial charge >= 0.3 is 6.03 Å². The van der Waals surface area contributed by atoms with Crippen molar-refractivity contribution >= 4 is 12.2 Å². The van der Waals surface area contributed by atoms with E-state index in [1.165, 1.54) is 6.21 Å². The normalized spacial score (nSPS) is 10.5. The molecule has 0 fully saturated rings. The minimum absolute atomic E-state index is 0.215. The highest BCUT2D eigenvalue weighted by Crippen LogP contribution is 2.23. The minimum Gasteiger partial charge on any atom is -0.508 e. The summed E-state index contributed by atoms with van der Waals surface area (Å²) in [6, 6.07) is 13.8. The van der Waals surface area contributed by atoms with E-state index < -0.39 is 6.03 Å². The fraction of sp³-hybridized carbons (Fsp3) is 0. The van der Waals surface area contributed by atoms with Crippen molar-refractivity contribution in [3.05, 3.63) is 54.1 Å². The third-order valence-electron chi connectivity index (χ3n) is 2.45. The number of nitrogens with zero attached hydrogens (tertiary/aromatic N) is 1. The summed E-state index contributed by atoms with van der Waals surface area (Å²) in [6.07, 6.45) is 1.50. The van der Waals surface area contributed by atoms with Crippen molar-refractivity contribution in [1.29, 1.82) is 0 Å². The molecule has 96 valence electrons. The van der Waals surface area contributed by atoms with Crippen LogP contribution >= 0.6 is 0 Å². The number of hydrogen-bond donors (Lipinski definition) is 3. The van der Waals surface area contributed by atoms with Gasteiger partial charge in [-0.15, -0.1) is 0 Å². The summed E-state index contributed by atoms with van der Waals surface area (Å²) in [7, 11) is 0. The Balaban J connectivity index is 2.24. The van der Waals surface area contributed by atoms with Crippen molar-refractivity contribution in [2.75, 3.05) is 0 Å². The number of urea groups is 1. The van der Waals surface area contributed by atoms with Gasteiger partial charge in [0.25, 0.3) is 0 Å². The quantitative estimate of drug-likeness (QED) is 0.579. The van der Waals surface area contributed by atoms with Gasteiger partial charge in [0.05, 0.1) is 6.21 Å². The van der Waals surface area contributed by atoms with Crippen LogP contribution < -0.4 is 11.2 Å². The molecule has 0 aliphatic rings. The van der Waals surface area contributed by atoms with Crippen LogP contribution in [-0.2, 0) is 0 Å². The van der Waals surface area contributed by atoms with Crippen molar-refractivity contribution in [3.8, 4) is 16.9 Å². The molecule has 0 aliphatic carbocycles. The number of carbonyl (C=O) groups excluding carboxylic acids is 1. The molecule has 0 spiro atoms. The summed E-state index contributed by atoms with van der Waals surface area (Å²) < 4.78 is 0. The number of carbonyl (C=O) groups is 1. The molecule has 2 aromatic carbocycles. The number of hydrogen-bond acceptors (Lipinski definition) is 3. The van der Waals surface area contributed by atoms with Crippen LogP contribution in [0.25, 0.3) is 11.1 Å². The molecule has 19 heavy (non-hydrogen) atoms. The SMILES string of the molecule is NC(=O)NN=Cc1cccc(-c2cccc(O)c2)c1. The Morgan fingerprint density at radius 1 is 1.16 bits per heavy atom. The van der Waals surface area contributed by atoms with Crippen molar-refractivity contribution in [2.24, 2.45) is 10.8 Å². The average Bonchev–Trinajstić information content (AvgIpc) is 2.39. The summed E-state index contributed by atoms with van der Waals surface area (Å²) in [6.45, 7) is 0. The lowest BCUT2D eigenvalue weighted by Gasteiger charge is -2.03. The Kier molecular flexibility index (Phi) is 3.78. The Morgan fingerprint density at radius 2 is 1.84 bits per heavy atom. The van der Waals surface area contributed by atoms with Crippen LogP contribution in [0.2, 0.25) is 0 Å². The van der Waals surface area contributed by atoms with Gasteiger partial charge in [0.2, 0.25) is 0 Å². The summed E-state index contributed by atoms with van der Waals surface area (Å²) in [5.74, 6) is 0.215. The molecule has 0 aromatic heterocycles. The van der Waals surface area contributed by atoms with E-state index in [-0.39, 0.29) is 5.75 Å². The molecule has 2 aromatic rings. The maximum absolute atomic E-state index is 10.5. The van der Waals surface area contributed by atoms with Crippen molar-refractivity contribution in [2.45, 2.75) is 0 Å². The molecular weight excluding hydrogens is 242 g/mol. The van der Waals surface area contributed by atoms with Crippen LogP contribution in [0.1, 0.15) is 5.56 Å². The fourth-order valence-electron chi connectivity index (χ4n) is 1.65. The Labute approximate surface area is 110 Å². The number of aromatic hydroxyl groups is 1. The number of phenols is 1. The molecule has 0 unspecified atom stereocenters. The highest BCUT2D eigenvalue weighted by Gasteiger charge is 1.99. The number of hydrazone groups is 1. The van der Waals surface area contributed by atoms with Gasteiger partial charge in [0, 0.05) is 0 Å². The zero-order chi connectivity index (χ0) is 13.7. The zero-order valence-electron chi connectivity index (χ0n) is 10.1. The first-order valence-electron chi connectivity index (χ1n) is 5.63. The third kappa shape index (κ3) is 3.57. The van der Waals surface area contributed by atoms with Crippen LogP contribution in [0.4, 0.5) is 4.79 Å². The lowest BCUT2D eigenvalue weighted by molar-refractivity contribution is 0.249. The van der Waals surface area contributed by atoms with Gasteiger partial charge in [0.1, 0.15) is 5.75 Å². The van der Waals surface area contributed by atoms with Crippen LogP contribution in [0.5, 0.6) is 5.75 Å². The van der Waals surface area contributed by atoms with E-state index in [0.29, 0.717) is 0 Å². The lowest BCUT2D eigenvalue weighted by Crippen LogP contribution is -2.24. The number of benzene rings is 2. The van der Waals surface area contributed by atoms with Crippen molar-refractivity contribution < 1.29 is 9.90 Å². The topological polar surface area (TPSA) is 87.7 Å². The van der Waals surface area contributed by atoms with E-state index in [1.807, 2.05) is 30.3 Å². The van der Waals surface area contributed by atoms with Gasteiger partial charge in [-0.3, -0.25) is 0 Å². The molecule has 0 saturated heterocycles. The third-order valence-corrected chi connectivity index (χ3v) is 2.45. The largest absolute Gasteiger partial charge is 0.508 e. The van der Waals surface area contributed by atoms with E-state index in [9.17, 15) is 9.90 Å². The summed E-state index contributed by atoms with van der Waals surface area (Å²) in [5, 5.41) is 13.2. The molecule has 0 aliphatic heterocycles. The first-order chi connectivity index (χ1) is 9.15. The fourth-order valence-corrected chi connectivity index (χ4v) is 1.65. The van der Waals surface area contributed by atoms with Gasteiger partial charge in [-0.25, -0.2) is 10.2 Å². The first kappa shape index (κ1) is 12.6. The second kappa shape index (κ2) is 5.68. The predicted molar refractivity (Wildman–Crippen MR) is 73.9 cm³/mol. The second-order valence-electron chi connectivity index (χ2n) is 3.91. The Morgan fingerprint density at radius 3 is 2.53 bits per heavy atom. The van der Waals surface area contributed by atoms with Gasteiger partial charge in [-0.05, 0) is 34.9 Å². The summed E-state index contributed by atoms with van der Waals surface area (Å²) >= 11 is 0. The standard InChI is InChI=1S/C14H13N3O2/c15-14(19)17-16-9-10-3-1-4-11(7-10)12-5-2-6-13(18)8-12/h1-9,18H,(H3,15,17,19). The zero-order valence-corrected chi connectivity index (χ0v) is 10.1. The van der Waals surface area contributed by atoms with E-state index >= 15 is 0 Å². The first-order valence-corrected chi connectivity index (χ1v) is 5.63. The number of phenolic OH excluding ortho intramolecular Hbond substituents is 1. The van der Waals surface area contributed by atoms with Crippen molar-refractivity contribution in [1.82, 2.24) is 5.43 Å². The van der Waals surface area contributed by atoms with Crippen LogP contribution in [-0.4, -0.2) is 17.4 Å². The maximum Gasteiger partial charge on any atom is 0.332 e. The molecular formula is C14H13N3O2. The number of amides is 2. The highest BCUT2D eigenvalue weighted by molar-refractivity contribution is 5.83. The lowest BCUT2D eigenvalue weighted by atomic mass is 10.0. The van der Waals surface area contributed by atoms with E-state index in [0.717, 1.165) is 16.7 Å². The number of nitrogens with two attached hydrogens (primary N) is 1. The average molecular weight is 255 g/mol. The van der Waals surface area contributed by atoms with Gasteiger partial charge in [-0.1, -0.05) is 30.3 Å². The second-order valence-corrected chi connectivity index (χ2v) is 3.91. The minimum atomic E-state index is -0.708. The molecule has 4 N–H and O–H groups in total. The molecule has 5 heteroatoms. The number of nitrogens with one attached hydrogen (secondary N) is 1. The molecule has 0 bridgehead atoms. The van der Waals surface area contributed by atoms with Crippen LogP contribution in [0, 0.1) is 0 Å². The molecule has 0 atom stereocenters. The maximum atomic E-state index is 10.5. The summed E-state index contributed by atoms with van der Waals surface area (Å²) in [5.41, 5.74) is 9.69. The molecule has 0 radical (unpaired) electrons. The predicted octanol–water partition coefficient (Wildman–Crippen LogP) is 2.06. The van der Waals surface area contributed by atoms with Crippen molar-refractivity contribution in [3.63, 3.8) is 0 Å². The Bertz CT molecular complexity index is 624. The molecule has 0 saturated carbocycles. The van der Waals surface area contributed by atoms with Gasteiger partial charge in [-0.2, -0.15) is 5.10 Å². The number of rotatable bonds is 3. The smallest absolute Gasteiger partial charge is 0.332 e. The van der Waals surface area contributed by atoms with E-state index in [2.05, 4.69) is 10.5 Å². The van der Waals surface area contributed by atoms with Gasteiger partial charge < -0.3 is 10.8 Å². The van der Waals surface area contributed by atoms with Crippen LogP contribution in [0.3, 0.4) is 0 Å². The van der Waals surface area contributed by atoms with E-state index in [4.69, 9.17) is 5.73 Å². The van der Waals surface area contributed by atoms with Gasteiger partial charge in [0.15, 0.2) is 0 Å². The Hall–Kier alpha value is -2.82. The molecule has 2 amide bonds.